The van der Waals surface area contributed by atoms with Crippen LogP contribution in [0.2, 0.25) is 5.02 Å². The second kappa shape index (κ2) is 6.55. The van der Waals surface area contributed by atoms with E-state index in [1.165, 1.54) is 5.56 Å². The van der Waals surface area contributed by atoms with E-state index < -0.39 is 0 Å². The monoisotopic (exact) mass is 269 g/mol. The summed E-state index contributed by atoms with van der Waals surface area (Å²) in [5.74, 6) is 0. The van der Waals surface area contributed by atoms with Gasteiger partial charge in [-0.05, 0) is 51.8 Å². The van der Waals surface area contributed by atoms with Crippen molar-refractivity contribution in [3.63, 3.8) is 0 Å². The smallest absolute Gasteiger partial charge is 0.0623 e. The van der Waals surface area contributed by atoms with Gasteiger partial charge in [0.15, 0.2) is 0 Å². The summed E-state index contributed by atoms with van der Waals surface area (Å²) in [6.45, 7) is 6.26. The van der Waals surface area contributed by atoms with Crippen molar-refractivity contribution in [2.75, 3.05) is 14.2 Å². The standard InChI is InChI=1S/C15H24ClNO/c1-11-7-6-8-12(14(11)16)13(17-4)9-10-15(2,3)18-5/h6-8,13,17H,9-10H2,1-5H3. The number of ether oxygens (including phenoxy) is 1. The maximum atomic E-state index is 6.38. The van der Waals surface area contributed by atoms with Gasteiger partial charge in [-0.1, -0.05) is 29.8 Å². The Balaban J connectivity index is 2.81. The molecular weight excluding hydrogens is 246 g/mol. The third-order valence-electron chi connectivity index (χ3n) is 3.53. The Bertz CT molecular complexity index is 390. The topological polar surface area (TPSA) is 21.3 Å². The molecule has 0 amide bonds. The molecule has 0 aromatic heterocycles. The summed E-state index contributed by atoms with van der Waals surface area (Å²) in [6, 6.07) is 6.46. The minimum Gasteiger partial charge on any atom is -0.379 e. The molecule has 0 radical (unpaired) electrons. The highest BCUT2D eigenvalue weighted by Crippen LogP contribution is 2.30. The van der Waals surface area contributed by atoms with Gasteiger partial charge >= 0.3 is 0 Å². The summed E-state index contributed by atoms with van der Waals surface area (Å²) in [4.78, 5) is 0. The molecule has 0 spiro atoms. The summed E-state index contributed by atoms with van der Waals surface area (Å²) in [5.41, 5.74) is 2.21. The first-order valence-electron chi connectivity index (χ1n) is 6.38. The fourth-order valence-electron chi connectivity index (χ4n) is 1.99. The number of rotatable bonds is 6. The van der Waals surface area contributed by atoms with E-state index in [9.17, 15) is 0 Å². The zero-order valence-corrected chi connectivity index (χ0v) is 12.8. The lowest BCUT2D eigenvalue weighted by molar-refractivity contribution is 0.0118. The molecule has 1 rings (SSSR count). The van der Waals surface area contributed by atoms with Crippen LogP contribution in [0.5, 0.6) is 0 Å². The van der Waals surface area contributed by atoms with E-state index in [1.54, 1.807) is 7.11 Å². The van der Waals surface area contributed by atoms with Crippen molar-refractivity contribution in [1.29, 1.82) is 0 Å². The number of halogens is 1. The normalized spacial score (nSPS) is 13.7. The van der Waals surface area contributed by atoms with Gasteiger partial charge in [0.05, 0.1) is 5.60 Å². The Hall–Kier alpha value is -0.570. The predicted molar refractivity (Wildman–Crippen MR) is 78.3 cm³/mol. The molecule has 0 aliphatic rings. The van der Waals surface area contributed by atoms with Crippen LogP contribution in [0.4, 0.5) is 0 Å². The molecule has 18 heavy (non-hydrogen) atoms. The average molecular weight is 270 g/mol. The summed E-state index contributed by atoms with van der Waals surface area (Å²) in [5, 5.41) is 4.21. The van der Waals surface area contributed by atoms with Gasteiger partial charge < -0.3 is 10.1 Å². The van der Waals surface area contributed by atoms with E-state index in [0.717, 1.165) is 23.4 Å². The van der Waals surface area contributed by atoms with Crippen molar-refractivity contribution in [1.82, 2.24) is 5.32 Å². The molecule has 102 valence electrons. The van der Waals surface area contributed by atoms with Crippen molar-refractivity contribution in [3.8, 4) is 0 Å². The Kier molecular flexibility index (Phi) is 5.64. The minimum absolute atomic E-state index is 0.0919. The SMILES string of the molecule is CNC(CCC(C)(C)OC)c1cccc(C)c1Cl. The van der Waals surface area contributed by atoms with Gasteiger partial charge in [-0.3, -0.25) is 0 Å². The van der Waals surface area contributed by atoms with Crippen LogP contribution < -0.4 is 5.32 Å². The Labute approximate surface area is 116 Å². The van der Waals surface area contributed by atoms with Gasteiger partial charge in [-0.15, -0.1) is 0 Å². The molecule has 3 heteroatoms. The lowest BCUT2D eigenvalue weighted by Gasteiger charge is -2.26. The van der Waals surface area contributed by atoms with Gasteiger partial charge in [0.1, 0.15) is 0 Å². The number of methoxy groups -OCH3 is 1. The van der Waals surface area contributed by atoms with E-state index in [-0.39, 0.29) is 11.6 Å². The molecule has 0 aliphatic heterocycles. The van der Waals surface area contributed by atoms with Crippen LogP contribution in [0, 0.1) is 6.92 Å². The van der Waals surface area contributed by atoms with Crippen molar-refractivity contribution < 1.29 is 4.74 Å². The molecule has 0 fully saturated rings. The largest absolute Gasteiger partial charge is 0.379 e. The van der Waals surface area contributed by atoms with E-state index >= 15 is 0 Å². The summed E-state index contributed by atoms with van der Waals surface area (Å²) in [7, 11) is 3.73. The van der Waals surface area contributed by atoms with Gasteiger partial charge in [0, 0.05) is 18.2 Å². The van der Waals surface area contributed by atoms with Gasteiger partial charge in [0.25, 0.3) is 0 Å². The molecule has 0 heterocycles. The second-order valence-corrected chi connectivity index (χ2v) is 5.70. The zero-order valence-electron chi connectivity index (χ0n) is 12.0. The van der Waals surface area contributed by atoms with Crippen molar-refractivity contribution in [3.05, 3.63) is 34.3 Å². The van der Waals surface area contributed by atoms with Gasteiger partial charge in [0.2, 0.25) is 0 Å². The number of hydrogen-bond donors (Lipinski definition) is 1. The molecule has 1 aromatic rings. The van der Waals surface area contributed by atoms with Crippen LogP contribution in [0.3, 0.4) is 0 Å². The van der Waals surface area contributed by atoms with E-state index in [1.807, 2.05) is 20.0 Å². The van der Waals surface area contributed by atoms with Crippen molar-refractivity contribution in [2.24, 2.45) is 0 Å². The fraction of sp³-hybridized carbons (Fsp3) is 0.600. The van der Waals surface area contributed by atoms with Crippen LogP contribution >= 0.6 is 11.6 Å². The summed E-state index contributed by atoms with van der Waals surface area (Å²) in [6.07, 6.45) is 1.99. The van der Waals surface area contributed by atoms with Crippen LogP contribution in [-0.4, -0.2) is 19.8 Å². The van der Waals surface area contributed by atoms with Crippen LogP contribution in [-0.2, 0) is 4.74 Å². The lowest BCUT2D eigenvalue weighted by Crippen LogP contribution is -2.26. The highest BCUT2D eigenvalue weighted by molar-refractivity contribution is 6.32. The minimum atomic E-state index is -0.0919. The molecule has 0 bridgehead atoms. The van der Waals surface area contributed by atoms with Crippen molar-refractivity contribution in [2.45, 2.75) is 45.3 Å². The molecular formula is C15H24ClNO. The highest BCUT2D eigenvalue weighted by Gasteiger charge is 2.20. The molecule has 1 atom stereocenters. The van der Waals surface area contributed by atoms with E-state index in [0.29, 0.717) is 0 Å². The maximum Gasteiger partial charge on any atom is 0.0623 e. The average Bonchev–Trinajstić information content (AvgIpc) is 2.35. The first-order chi connectivity index (χ1) is 8.41. The Morgan fingerprint density at radius 1 is 1.39 bits per heavy atom. The molecule has 0 aliphatic carbocycles. The quantitative estimate of drug-likeness (QED) is 0.839. The van der Waals surface area contributed by atoms with E-state index in [4.69, 9.17) is 16.3 Å². The first-order valence-corrected chi connectivity index (χ1v) is 6.76. The second-order valence-electron chi connectivity index (χ2n) is 5.32. The summed E-state index contributed by atoms with van der Waals surface area (Å²) >= 11 is 6.38. The third kappa shape index (κ3) is 3.98. The van der Waals surface area contributed by atoms with Crippen molar-refractivity contribution >= 4 is 11.6 Å². The number of nitrogens with one attached hydrogen (secondary N) is 1. The van der Waals surface area contributed by atoms with Crippen LogP contribution in [0.1, 0.15) is 43.9 Å². The Morgan fingerprint density at radius 3 is 2.61 bits per heavy atom. The fourth-order valence-corrected chi connectivity index (χ4v) is 2.25. The number of aryl methyl sites for hydroxylation is 1. The summed E-state index contributed by atoms with van der Waals surface area (Å²) < 4.78 is 5.46. The maximum absolute atomic E-state index is 6.38. The molecule has 1 aromatic carbocycles. The first kappa shape index (κ1) is 15.5. The third-order valence-corrected chi connectivity index (χ3v) is 4.05. The molecule has 2 nitrogen and oxygen atoms in total. The van der Waals surface area contributed by atoms with Gasteiger partial charge in [-0.25, -0.2) is 0 Å². The predicted octanol–water partition coefficient (Wildman–Crippen LogP) is 4.11. The van der Waals surface area contributed by atoms with E-state index in [2.05, 4.69) is 31.3 Å². The molecule has 0 saturated carbocycles. The number of hydrogen-bond acceptors (Lipinski definition) is 2. The lowest BCUT2D eigenvalue weighted by atomic mass is 9.94. The zero-order chi connectivity index (χ0) is 13.8. The Morgan fingerprint density at radius 2 is 2.06 bits per heavy atom. The van der Waals surface area contributed by atoms with Crippen LogP contribution in [0.25, 0.3) is 0 Å². The molecule has 0 saturated heterocycles. The molecule has 1 N–H and O–H groups in total. The van der Waals surface area contributed by atoms with Crippen LogP contribution in [0.15, 0.2) is 18.2 Å². The van der Waals surface area contributed by atoms with Gasteiger partial charge in [-0.2, -0.15) is 0 Å². The molecule has 1 unspecified atom stereocenters. The highest BCUT2D eigenvalue weighted by atomic mass is 35.5. The number of benzene rings is 1.